The largest absolute Gasteiger partial charge is 0.486 e. The monoisotopic (exact) mass is 537 g/mol. The van der Waals surface area contributed by atoms with E-state index in [1.807, 2.05) is 6.92 Å². The van der Waals surface area contributed by atoms with Crippen molar-refractivity contribution in [1.29, 1.82) is 5.26 Å². The zero-order valence-electron chi connectivity index (χ0n) is 20.4. The van der Waals surface area contributed by atoms with Crippen LogP contribution in [0, 0.1) is 23.7 Å². The summed E-state index contributed by atoms with van der Waals surface area (Å²) in [6, 6.07) is 12.7. The summed E-state index contributed by atoms with van der Waals surface area (Å²) in [5.41, 5.74) is -2.29. The molecule has 1 atom stereocenters. The van der Waals surface area contributed by atoms with Gasteiger partial charge in [0, 0.05) is 12.1 Å². The van der Waals surface area contributed by atoms with E-state index in [4.69, 9.17) is 4.74 Å². The van der Waals surface area contributed by atoms with Gasteiger partial charge >= 0.3 is 12.3 Å². The van der Waals surface area contributed by atoms with Crippen LogP contribution in [0.3, 0.4) is 0 Å². The van der Waals surface area contributed by atoms with E-state index < -0.39 is 39.4 Å². The highest BCUT2D eigenvalue weighted by Gasteiger charge is 2.51. The molecule has 1 aliphatic heterocycles. The van der Waals surface area contributed by atoms with Crippen LogP contribution in [0.4, 0.5) is 29.3 Å². The SMILES string of the molecule is Cc1ccc(S(=O)(=O)N2C[C@@H](CC3(C#N)CC3)Oc3ccc(NC(=O)OC(C)(C)C(F)(F)F)cc32)cc1. The summed E-state index contributed by atoms with van der Waals surface area (Å²) >= 11 is 0. The maximum absolute atomic E-state index is 13.7. The molecule has 0 unspecified atom stereocenters. The topological polar surface area (TPSA) is 109 Å². The smallest absolute Gasteiger partial charge is 0.427 e. The third-order valence-electron chi connectivity index (χ3n) is 6.49. The van der Waals surface area contributed by atoms with Crippen LogP contribution < -0.4 is 14.4 Å². The number of amides is 1. The Labute approximate surface area is 213 Å². The van der Waals surface area contributed by atoms with Gasteiger partial charge in [-0.05, 0) is 63.9 Å². The molecule has 0 saturated heterocycles. The van der Waals surface area contributed by atoms with Crippen molar-refractivity contribution in [3.8, 4) is 11.8 Å². The van der Waals surface area contributed by atoms with Gasteiger partial charge in [0.1, 0.15) is 11.9 Å². The first-order valence-electron chi connectivity index (χ1n) is 11.5. The standard InChI is InChI=1S/C25H26F3N3O5S/c1-16-4-7-19(8-5-16)37(33,34)31-14-18(13-24(15-29)10-11-24)35-21-9-6-17(12-20(21)31)30-22(32)36-23(2,3)25(26,27)28/h4-9,12,18H,10-11,13-14H2,1-3H3,(H,30,32)/t18-/m1/s1. The number of halogens is 3. The van der Waals surface area contributed by atoms with Crippen LogP contribution >= 0.6 is 0 Å². The molecule has 1 saturated carbocycles. The second kappa shape index (κ2) is 9.13. The van der Waals surface area contributed by atoms with Crippen LogP contribution in [0.15, 0.2) is 47.4 Å². The lowest BCUT2D eigenvalue weighted by atomic mass is 9.99. The minimum Gasteiger partial charge on any atom is -0.486 e. The number of fused-ring (bicyclic) bond motifs is 1. The zero-order chi connectivity index (χ0) is 27.2. The number of aryl methyl sites for hydroxylation is 1. The number of benzene rings is 2. The molecule has 0 radical (unpaired) electrons. The maximum atomic E-state index is 13.7. The average Bonchev–Trinajstić information content (AvgIpc) is 3.57. The fraction of sp³-hybridized carbons (Fsp3) is 0.440. The second-order valence-corrected chi connectivity index (χ2v) is 11.8. The molecule has 37 heavy (non-hydrogen) atoms. The van der Waals surface area contributed by atoms with Gasteiger partial charge in [-0.3, -0.25) is 9.62 Å². The normalized spacial score (nSPS) is 18.7. The van der Waals surface area contributed by atoms with Crippen molar-refractivity contribution in [2.24, 2.45) is 5.41 Å². The van der Waals surface area contributed by atoms with Crippen molar-refractivity contribution in [3.63, 3.8) is 0 Å². The number of carbonyl (C=O) groups excluding carboxylic acids is 1. The van der Waals surface area contributed by atoms with Gasteiger partial charge in [0.15, 0.2) is 0 Å². The van der Waals surface area contributed by atoms with E-state index in [-0.39, 0.29) is 28.6 Å². The highest BCUT2D eigenvalue weighted by molar-refractivity contribution is 7.92. The molecule has 1 heterocycles. The molecule has 1 amide bonds. The van der Waals surface area contributed by atoms with Crippen LogP contribution in [-0.2, 0) is 14.8 Å². The number of nitriles is 1. The van der Waals surface area contributed by atoms with Crippen molar-refractivity contribution < 1.29 is 35.9 Å². The van der Waals surface area contributed by atoms with E-state index in [1.54, 1.807) is 12.1 Å². The molecule has 2 aromatic carbocycles. The van der Waals surface area contributed by atoms with Gasteiger partial charge in [0.2, 0.25) is 5.60 Å². The minimum absolute atomic E-state index is 0.0172. The van der Waals surface area contributed by atoms with E-state index in [0.29, 0.717) is 19.3 Å². The maximum Gasteiger partial charge on any atom is 0.427 e. The van der Waals surface area contributed by atoms with Gasteiger partial charge in [-0.2, -0.15) is 18.4 Å². The minimum atomic E-state index is -4.79. The number of rotatable bonds is 6. The lowest BCUT2D eigenvalue weighted by molar-refractivity contribution is -0.242. The average molecular weight is 538 g/mol. The summed E-state index contributed by atoms with van der Waals surface area (Å²) in [7, 11) is -4.08. The molecule has 0 bridgehead atoms. The fourth-order valence-electron chi connectivity index (χ4n) is 3.94. The number of anilines is 2. The third-order valence-corrected chi connectivity index (χ3v) is 8.28. The summed E-state index contributed by atoms with van der Waals surface area (Å²) in [6.07, 6.45) is -4.97. The highest BCUT2D eigenvalue weighted by atomic mass is 32.2. The van der Waals surface area contributed by atoms with Gasteiger partial charge in [0.25, 0.3) is 10.0 Å². The number of carbonyl (C=O) groups is 1. The predicted octanol–water partition coefficient (Wildman–Crippen LogP) is 5.53. The van der Waals surface area contributed by atoms with Gasteiger partial charge < -0.3 is 9.47 Å². The Kier molecular flexibility index (Phi) is 6.56. The Bertz CT molecular complexity index is 1350. The van der Waals surface area contributed by atoms with E-state index in [0.717, 1.165) is 23.7 Å². The summed E-state index contributed by atoms with van der Waals surface area (Å²) in [4.78, 5) is 12.2. The Morgan fingerprint density at radius 2 is 1.86 bits per heavy atom. The molecular weight excluding hydrogens is 511 g/mol. The molecule has 0 spiro atoms. The summed E-state index contributed by atoms with van der Waals surface area (Å²) in [6.45, 7) is 3.18. The van der Waals surface area contributed by atoms with Gasteiger partial charge in [-0.15, -0.1) is 0 Å². The summed E-state index contributed by atoms with van der Waals surface area (Å²) in [5.74, 6) is 0.204. The van der Waals surface area contributed by atoms with E-state index in [2.05, 4.69) is 16.1 Å². The van der Waals surface area contributed by atoms with E-state index in [1.165, 1.54) is 30.3 Å². The van der Waals surface area contributed by atoms with Crippen LogP contribution in [0.1, 0.15) is 38.7 Å². The van der Waals surface area contributed by atoms with Gasteiger partial charge in [0.05, 0.1) is 28.6 Å². The van der Waals surface area contributed by atoms with Crippen molar-refractivity contribution >= 4 is 27.5 Å². The van der Waals surface area contributed by atoms with E-state index in [9.17, 15) is 31.6 Å². The first kappa shape index (κ1) is 26.6. The fourth-order valence-corrected chi connectivity index (χ4v) is 5.44. The molecule has 8 nitrogen and oxygen atoms in total. The first-order valence-corrected chi connectivity index (χ1v) is 13.0. The molecule has 12 heteroatoms. The predicted molar refractivity (Wildman–Crippen MR) is 129 cm³/mol. The van der Waals surface area contributed by atoms with Crippen molar-refractivity contribution in [1.82, 2.24) is 0 Å². The highest BCUT2D eigenvalue weighted by Crippen LogP contribution is 2.51. The third kappa shape index (κ3) is 5.46. The number of alkyl halides is 3. The Morgan fingerprint density at radius 1 is 1.22 bits per heavy atom. The molecule has 0 aromatic heterocycles. The molecule has 2 aromatic rings. The summed E-state index contributed by atoms with van der Waals surface area (Å²) in [5, 5.41) is 11.7. The molecule has 198 valence electrons. The van der Waals surface area contributed by atoms with Crippen molar-refractivity contribution in [2.45, 2.75) is 62.8 Å². The van der Waals surface area contributed by atoms with Crippen LogP contribution in [0.2, 0.25) is 0 Å². The second-order valence-electron chi connectivity index (χ2n) is 9.89. The molecule has 1 aliphatic carbocycles. The Morgan fingerprint density at radius 3 is 2.43 bits per heavy atom. The van der Waals surface area contributed by atoms with Gasteiger partial charge in [-0.25, -0.2) is 13.2 Å². The molecule has 4 rings (SSSR count). The number of hydrogen-bond donors (Lipinski definition) is 1. The molecule has 1 fully saturated rings. The van der Waals surface area contributed by atoms with Crippen LogP contribution in [0.25, 0.3) is 0 Å². The molecular formula is C25H26F3N3O5S. The molecule has 2 aliphatic rings. The Balaban J connectivity index is 1.66. The number of sulfonamides is 1. The quantitative estimate of drug-likeness (QED) is 0.519. The van der Waals surface area contributed by atoms with Gasteiger partial charge in [-0.1, -0.05) is 17.7 Å². The number of ether oxygens (including phenoxy) is 2. The lowest BCUT2D eigenvalue weighted by Crippen LogP contribution is -2.45. The lowest BCUT2D eigenvalue weighted by Gasteiger charge is -2.36. The number of nitrogens with one attached hydrogen (secondary N) is 1. The number of hydrogen-bond acceptors (Lipinski definition) is 6. The van der Waals surface area contributed by atoms with Crippen molar-refractivity contribution in [2.75, 3.05) is 16.2 Å². The summed E-state index contributed by atoms with van der Waals surface area (Å²) < 4.78 is 78.3. The van der Waals surface area contributed by atoms with Crippen LogP contribution in [0.5, 0.6) is 5.75 Å². The van der Waals surface area contributed by atoms with Crippen LogP contribution in [-0.4, -0.2) is 38.9 Å². The first-order chi connectivity index (χ1) is 17.2. The Hall–Kier alpha value is -3.46. The van der Waals surface area contributed by atoms with E-state index >= 15 is 0 Å². The zero-order valence-corrected chi connectivity index (χ0v) is 21.2. The molecule has 1 N–H and O–H groups in total. The number of nitrogens with zero attached hydrogens (tertiary/aromatic N) is 2. The van der Waals surface area contributed by atoms with Crippen molar-refractivity contribution in [3.05, 3.63) is 48.0 Å².